The molecule has 3 aromatic rings. The number of aryl methyl sites for hydroxylation is 1. The van der Waals surface area contributed by atoms with Crippen LogP contribution in [-0.2, 0) is 17.8 Å². The molecule has 1 aliphatic rings. The minimum Gasteiger partial charge on any atom is -0.386 e. The molecule has 0 saturated carbocycles. The monoisotopic (exact) mass is 339 g/mol. The van der Waals surface area contributed by atoms with E-state index in [1.54, 1.807) is 22.0 Å². The van der Waals surface area contributed by atoms with Crippen molar-refractivity contribution in [1.29, 1.82) is 0 Å². The van der Waals surface area contributed by atoms with Crippen molar-refractivity contribution in [2.45, 2.75) is 31.9 Å². The predicted octanol–water partition coefficient (Wildman–Crippen LogP) is 1.27. The van der Waals surface area contributed by atoms with Gasteiger partial charge in [-0.2, -0.15) is 0 Å². The summed E-state index contributed by atoms with van der Waals surface area (Å²) in [4.78, 5) is 17.7. The van der Waals surface area contributed by atoms with Gasteiger partial charge >= 0.3 is 0 Å². The molecule has 1 amide bonds. The Morgan fingerprint density at radius 3 is 3.12 bits per heavy atom. The minimum absolute atomic E-state index is 0.0388. The Morgan fingerprint density at radius 1 is 1.44 bits per heavy atom. The van der Waals surface area contributed by atoms with E-state index in [1.807, 2.05) is 18.3 Å². The number of likely N-dealkylation sites (tertiary alicyclic amines) is 1. The molecule has 1 saturated heterocycles. The molecule has 1 fully saturated rings. The van der Waals surface area contributed by atoms with Crippen LogP contribution in [0.15, 0.2) is 36.8 Å². The zero-order valence-corrected chi connectivity index (χ0v) is 14.1. The molecule has 0 radical (unpaired) electrons. The van der Waals surface area contributed by atoms with Crippen LogP contribution < -0.4 is 0 Å². The average molecular weight is 339 g/mol. The fourth-order valence-electron chi connectivity index (χ4n) is 3.60. The van der Waals surface area contributed by atoms with Crippen LogP contribution >= 0.6 is 0 Å². The van der Waals surface area contributed by atoms with Gasteiger partial charge in [-0.3, -0.25) is 4.79 Å². The second-order valence-corrected chi connectivity index (χ2v) is 6.88. The summed E-state index contributed by atoms with van der Waals surface area (Å²) < 4.78 is 1.61. The van der Waals surface area contributed by atoms with E-state index >= 15 is 0 Å². The molecule has 1 unspecified atom stereocenters. The SMILES string of the molecule is Cc1cccc2c(CC(=O)N3CCC(O)(Cn4ccnn4)C3)c[nH]c12. The number of aromatic amines is 1. The third-order valence-electron chi connectivity index (χ3n) is 4.96. The van der Waals surface area contributed by atoms with Gasteiger partial charge in [0, 0.05) is 29.8 Å². The normalized spacial score (nSPS) is 20.5. The number of nitrogens with one attached hydrogen (secondary N) is 1. The van der Waals surface area contributed by atoms with Crippen molar-refractivity contribution in [1.82, 2.24) is 24.9 Å². The van der Waals surface area contributed by atoms with E-state index in [0.29, 0.717) is 32.5 Å². The number of β-amino-alcohol motifs (C(OH)–C–C–N with tert-alkyl or cyclic N) is 1. The number of hydrogen-bond acceptors (Lipinski definition) is 4. The maximum atomic E-state index is 12.7. The zero-order valence-electron chi connectivity index (χ0n) is 14.1. The molecule has 1 aromatic carbocycles. The first kappa shape index (κ1) is 15.8. The van der Waals surface area contributed by atoms with Crippen molar-refractivity contribution in [3.05, 3.63) is 47.9 Å². The number of amides is 1. The molecule has 7 heteroatoms. The Bertz CT molecular complexity index is 901. The van der Waals surface area contributed by atoms with E-state index in [9.17, 15) is 9.90 Å². The predicted molar refractivity (Wildman–Crippen MR) is 92.9 cm³/mol. The maximum absolute atomic E-state index is 12.7. The number of para-hydroxylation sites is 1. The number of carbonyl (C=O) groups is 1. The van der Waals surface area contributed by atoms with Crippen molar-refractivity contribution < 1.29 is 9.90 Å². The molecule has 25 heavy (non-hydrogen) atoms. The number of rotatable bonds is 4. The van der Waals surface area contributed by atoms with E-state index in [4.69, 9.17) is 0 Å². The quantitative estimate of drug-likeness (QED) is 0.749. The molecule has 4 rings (SSSR count). The minimum atomic E-state index is -0.944. The van der Waals surface area contributed by atoms with Gasteiger partial charge in [0.05, 0.1) is 25.7 Å². The van der Waals surface area contributed by atoms with Crippen LogP contribution in [-0.4, -0.2) is 54.6 Å². The van der Waals surface area contributed by atoms with Crippen molar-refractivity contribution in [2.75, 3.05) is 13.1 Å². The number of aromatic nitrogens is 4. The van der Waals surface area contributed by atoms with E-state index < -0.39 is 5.60 Å². The summed E-state index contributed by atoms with van der Waals surface area (Å²) in [6.07, 6.45) is 6.10. The number of aliphatic hydroxyl groups is 1. The lowest BCUT2D eigenvalue weighted by molar-refractivity contribution is -0.130. The molecule has 1 atom stereocenters. The van der Waals surface area contributed by atoms with Crippen LogP contribution in [0.3, 0.4) is 0 Å². The van der Waals surface area contributed by atoms with E-state index in [2.05, 4.69) is 28.3 Å². The number of hydrogen-bond donors (Lipinski definition) is 2. The van der Waals surface area contributed by atoms with E-state index in [-0.39, 0.29) is 5.91 Å². The summed E-state index contributed by atoms with van der Waals surface area (Å²) in [6.45, 7) is 3.29. The number of nitrogens with zero attached hydrogens (tertiary/aromatic N) is 4. The summed E-state index contributed by atoms with van der Waals surface area (Å²) in [5.41, 5.74) is 2.30. The molecule has 0 spiro atoms. The standard InChI is InChI=1S/C18H21N5O2/c1-13-3-2-4-15-14(10-19-17(13)15)9-16(24)22-7-5-18(25,11-22)12-23-8-6-20-21-23/h2-4,6,8,10,19,25H,5,7,9,11-12H2,1H3. The van der Waals surface area contributed by atoms with Gasteiger partial charge in [-0.05, 0) is 24.5 Å². The number of H-pyrrole nitrogens is 1. The molecule has 3 heterocycles. The highest BCUT2D eigenvalue weighted by Gasteiger charge is 2.38. The molecule has 0 aliphatic carbocycles. The Morgan fingerprint density at radius 2 is 2.32 bits per heavy atom. The summed E-state index contributed by atoms with van der Waals surface area (Å²) in [7, 11) is 0. The summed E-state index contributed by atoms with van der Waals surface area (Å²) >= 11 is 0. The molecule has 1 aliphatic heterocycles. The number of fused-ring (bicyclic) bond motifs is 1. The topological polar surface area (TPSA) is 87.0 Å². The molecular formula is C18H21N5O2. The Balaban J connectivity index is 1.46. The van der Waals surface area contributed by atoms with Crippen LogP contribution in [0.25, 0.3) is 10.9 Å². The van der Waals surface area contributed by atoms with Crippen LogP contribution in [0.4, 0.5) is 0 Å². The Kier molecular flexibility index (Phi) is 3.80. The molecule has 2 N–H and O–H groups in total. The van der Waals surface area contributed by atoms with Gasteiger partial charge in [-0.15, -0.1) is 5.10 Å². The molecule has 7 nitrogen and oxygen atoms in total. The van der Waals surface area contributed by atoms with Crippen molar-refractivity contribution in [3.8, 4) is 0 Å². The van der Waals surface area contributed by atoms with Gasteiger partial charge in [-0.1, -0.05) is 23.4 Å². The van der Waals surface area contributed by atoms with Crippen LogP contribution in [0.5, 0.6) is 0 Å². The largest absolute Gasteiger partial charge is 0.386 e. The fraction of sp³-hybridized carbons (Fsp3) is 0.389. The number of benzene rings is 1. The smallest absolute Gasteiger partial charge is 0.227 e. The molecule has 130 valence electrons. The molecule has 0 bridgehead atoms. The van der Waals surface area contributed by atoms with E-state index in [1.165, 1.54) is 5.56 Å². The lowest BCUT2D eigenvalue weighted by Crippen LogP contribution is -2.40. The van der Waals surface area contributed by atoms with Gasteiger partial charge in [0.1, 0.15) is 5.60 Å². The van der Waals surface area contributed by atoms with E-state index in [0.717, 1.165) is 16.5 Å². The van der Waals surface area contributed by atoms with Gasteiger partial charge in [0.15, 0.2) is 0 Å². The van der Waals surface area contributed by atoms with Crippen LogP contribution in [0.2, 0.25) is 0 Å². The lowest BCUT2D eigenvalue weighted by atomic mass is 10.0. The summed E-state index contributed by atoms with van der Waals surface area (Å²) in [5.74, 6) is 0.0388. The Hall–Kier alpha value is -2.67. The van der Waals surface area contributed by atoms with Gasteiger partial charge in [-0.25, -0.2) is 4.68 Å². The third kappa shape index (κ3) is 3.02. The first-order chi connectivity index (χ1) is 12.0. The highest BCUT2D eigenvalue weighted by atomic mass is 16.3. The van der Waals surface area contributed by atoms with Crippen molar-refractivity contribution >= 4 is 16.8 Å². The van der Waals surface area contributed by atoms with Gasteiger partial charge in [0.2, 0.25) is 5.91 Å². The molecule has 2 aromatic heterocycles. The first-order valence-electron chi connectivity index (χ1n) is 8.44. The zero-order chi connectivity index (χ0) is 17.4. The Labute approximate surface area is 145 Å². The maximum Gasteiger partial charge on any atom is 0.227 e. The van der Waals surface area contributed by atoms with Gasteiger partial charge < -0.3 is 15.0 Å². The van der Waals surface area contributed by atoms with Crippen molar-refractivity contribution in [2.24, 2.45) is 0 Å². The average Bonchev–Trinajstić information content (AvgIpc) is 3.30. The third-order valence-corrected chi connectivity index (χ3v) is 4.96. The fourth-order valence-corrected chi connectivity index (χ4v) is 3.60. The summed E-state index contributed by atoms with van der Waals surface area (Å²) in [6, 6.07) is 6.09. The highest BCUT2D eigenvalue weighted by Crippen LogP contribution is 2.26. The van der Waals surface area contributed by atoms with Crippen molar-refractivity contribution in [3.63, 3.8) is 0 Å². The second kappa shape index (κ2) is 6.00. The van der Waals surface area contributed by atoms with Crippen LogP contribution in [0.1, 0.15) is 17.5 Å². The first-order valence-corrected chi connectivity index (χ1v) is 8.44. The summed E-state index contributed by atoms with van der Waals surface area (Å²) in [5, 5.41) is 19.5. The second-order valence-electron chi connectivity index (χ2n) is 6.88. The highest BCUT2D eigenvalue weighted by molar-refractivity contribution is 5.90. The molecular weight excluding hydrogens is 318 g/mol. The number of carbonyl (C=O) groups excluding carboxylic acids is 1. The lowest BCUT2D eigenvalue weighted by Gasteiger charge is -2.23. The van der Waals surface area contributed by atoms with Gasteiger partial charge in [0.25, 0.3) is 0 Å². The van der Waals surface area contributed by atoms with Crippen LogP contribution in [0, 0.1) is 6.92 Å².